The Balaban J connectivity index is 1.32. The minimum absolute atomic E-state index is 0.0671. The molecule has 13 heteroatoms. The van der Waals surface area contributed by atoms with Crippen molar-refractivity contribution in [1.29, 1.82) is 0 Å². The Morgan fingerprint density at radius 3 is 2.49 bits per heavy atom. The van der Waals surface area contributed by atoms with Crippen molar-refractivity contribution in [3.05, 3.63) is 30.5 Å². The summed E-state index contributed by atoms with van der Waals surface area (Å²) in [6, 6.07) is 6.55. The lowest BCUT2D eigenvalue weighted by Gasteiger charge is -2.34. The summed E-state index contributed by atoms with van der Waals surface area (Å²) in [4.78, 5) is 61.3. The number of carbonyl (C=O) groups excluding carboxylic acids is 4. The Labute approximate surface area is 287 Å². The molecule has 2 aliphatic heterocycles. The molecule has 5 atom stereocenters. The molecule has 0 unspecified atom stereocenters. The third-order valence-corrected chi connectivity index (χ3v) is 12.4. The van der Waals surface area contributed by atoms with Gasteiger partial charge in [-0.3, -0.25) is 23.9 Å². The van der Waals surface area contributed by atoms with Crippen LogP contribution >= 0.6 is 0 Å². The number of aromatic nitrogens is 1. The van der Waals surface area contributed by atoms with Gasteiger partial charge in [0.05, 0.1) is 48.8 Å². The van der Waals surface area contributed by atoms with E-state index in [2.05, 4.69) is 9.71 Å². The highest BCUT2D eigenvalue weighted by atomic mass is 32.2. The molecule has 1 aromatic heterocycles. The minimum Gasteiger partial charge on any atom is -0.494 e. The number of hydrogen-bond acceptors (Lipinski definition) is 10. The molecule has 4 bridgehead atoms. The number of ether oxygens (including phenoxy) is 3. The maximum Gasteiger partial charge on any atom is 0.306 e. The second-order valence-corrected chi connectivity index (χ2v) is 17.1. The van der Waals surface area contributed by atoms with Gasteiger partial charge in [-0.15, -0.1) is 0 Å². The van der Waals surface area contributed by atoms with E-state index in [4.69, 9.17) is 14.2 Å². The lowest BCUT2D eigenvalue weighted by atomic mass is 9.77. The molecule has 266 valence electrons. The summed E-state index contributed by atoms with van der Waals surface area (Å²) in [6.07, 6.45) is 4.08. The van der Waals surface area contributed by atoms with Gasteiger partial charge in [0.2, 0.25) is 27.7 Å². The summed E-state index contributed by atoms with van der Waals surface area (Å²) < 4.78 is 45.6. The molecule has 2 aliphatic carbocycles. The summed E-state index contributed by atoms with van der Waals surface area (Å²) >= 11 is 0. The van der Waals surface area contributed by atoms with Gasteiger partial charge in [0.25, 0.3) is 0 Å². The first-order valence-electron chi connectivity index (χ1n) is 17.4. The lowest BCUT2D eigenvalue weighted by Crippen LogP contribution is -2.48. The van der Waals surface area contributed by atoms with E-state index in [9.17, 15) is 27.6 Å². The molecule has 1 aromatic carbocycles. The number of rotatable bonds is 7. The number of ketones is 1. The quantitative estimate of drug-likeness (QED) is 0.413. The fraction of sp³-hybridized carbons (Fsp3) is 0.639. The number of sulfonamides is 1. The fourth-order valence-corrected chi connectivity index (χ4v) is 8.66. The van der Waals surface area contributed by atoms with Gasteiger partial charge in [-0.05, 0) is 67.0 Å². The number of Topliss-reactive ketones (excluding diaryl/α,β-unsaturated/α-hetero) is 1. The molecule has 2 aromatic rings. The van der Waals surface area contributed by atoms with Crippen LogP contribution in [0.4, 0.5) is 0 Å². The van der Waals surface area contributed by atoms with Crippen LogP contribution in [0.1, 0.15) is 85.5 Å². The number of pyridine rings is 1. The fourth-order valence-electron chi connectivity index (χ4n) is 7.28. The Morgan fingerprint density at radius 1 is 1.08 bits per heavy atom. The van der Waals surface area contributed by atoms with Crippen molar-refractivity contribution < 1.29 is 41.8 Å². The Bertz CT molecular complexity index is 1730. The van der Waals surface area contributed by atoms with Gasteiger partial charge < -0.3 is 19.1 Å². The Kier molecular flexibility index (Phi) is 9.69. The first-order chi connectivity index (χ1) is 23.2. The Morgan fingerprint density at radius 2 is 1.82 bits per heavy atom. The first kappa shape index (κ1) is 35.1. The van der Waals surface area contributed by atoms with Gasteiger partial charge in [0.15, 0.2) is 5.78 Å². The number of hydrogen-bond donors (Lipinski definition) is 1. The van der Waals surface area contributed by atoms with Crippen LogP contribution in [0, 0.1) is 22.7 Å². The molecule has 0 spiro atoms. The van der Waals surface area contributed by atoms with Crippen molar-refractivity contribution >= 4 is 44.4 Å². The molecule has 12 nitrogen and oxygen atoms in total. The number of carbonyl (C=O) groups is 4. The van der Waals surface area contributed by atoms with Gasteiger partial charge in [-0.25, -0.2) is 13.4 Å². The van der Waals surface area contributed by atoms with Crippen molar-refractivity contribution in [2.24, 2.45) is 22.7 Å². The van der Waals surface area contributed by atoms with Gasteiger partial charge >= 0.3 is 5.97 Å². The highest BCUT2D eigenvalue weighted by Crippen LogP contribution is 2.58. The van der Waals surface area contributed by atoms with Gasteiger partial charge in [-0.1, -0.05) is 40.2 Å². The zero-order chi connectivity index (χ0) is 35.1. The van der Waals surface area contributed by atoms with Crippen molar-refractivity contribution in [3.8, 4) is 11.6 Å². The van der Waals surface area contributed by atoms with Crippen LogP contribution in [0.2, 0.25) is 0 Å². The van der Waals surface area contributed by atoms with E-state index in [0.717, 1.165) is 10.8 Å². The van der Waals surface area contributed by atoms with Crippen molar-refractivity contribution in [2.75, 3.05) is 19.8 Å². The molecule has 2 saturated carbocycles. The smallest absolute Gasteiger partial charge is 0.306 e. The van der Waals surface area contributed by atoms with E-state index >= 15 is 0 Å². The van der Waals surface area contributed by atoms with E-state index < -0.39 is 56.0 Å². The number of nitrogens with one attached hydrogen (secondary N) is 1. The van der Waals surface area contributed by atoms with Crippen molar-refractivity contribution in [1.82, 2.24) is 14.6 Å². The van der Waals surface area contributed by atoms with Crippen LogP contribution in [-0.4, -0.2) is 79.0 Å². The minimum atomic E-state index is -3.80. The molecule has 1 saturated heterocycles. The highest BCUT2D eigenvalue weighted by molar-refractivity contribution is 7.90. The van der Waals surface area contributed by atoms with E-state index in [-0.39, 0.29) is 50.0 Å². The number of benzene rings is 1. The molecule has 4 aliphatic rings. The van der Waals surface area contributed by atoms with Gasteiger partial charge in [-0.2, -0.15) is 0 Å². The SMILES string of the molecule is CC[C@@H]1C[C@]1(CC(=O)[C@@H]1C[C@@H]2CN1C(=O)[C@H](C(C)(C)C)CC(=O)OCCCCOc1ccc3ccnc(c3c1)O2)C(=O)NS(=O)(=O)C1CC1. The molecule has 3 fully saturated rings. The van der Waals surface area contributed by atoms with E-state index in [1.807, 2.05) is 52.0 Å². The molecule has 1 N–H and O–H groups in total. The predicted molar refractivity (Wildman–Crippen MR) is 180 cm³/mol. The molecular weight excluding hydrogens is 650 g/mol. The summed E-state index contributed by atoms with van der Waals surface area (Å²) in [7, 11) is -3.80. The first-order valence-corrected chi connectivity index (χ1v) is 19.0. The van der Waals surface area contributed by atoms with Crippen LogP contribution in [0.25, 0.3) is 10.8 Å². The molecule has 3 heterocycles. The van der Waals surface area contributed by atoms with E-state index in [0.29, 0.717) is 56.8 Å². The summed E-state index contributed by atoms with van der Waals surface area (Å²) in [5.74, 6) is -1.81. The second-order valence-electron chi connectivity index (χ2n) is 15.2. The van der Waals surface area contributed by atoms with Crippen LogP contribution in [-0.2, 0) is 33.9 Å². The molecular formula is C36H47N3O9S. The van der Waals surface area contributed by atoms with Crippen molar-refractivity contribution in [2.45, 2.75) is 103 Å². The third kappa shape index (κ3) is 7.56. The van der Waals surface area contributed by atoms with Gasteiger partial charge in [0, 0.05) is 24.4 Å². The van der Waals surface area contributed by atoms with Crippen molar-refractivity contribution in [3.63, 3.8) is 0 Å². The number of fused-ring (bicyclic) bond motifs is 3. The van der Waals surface area contributed by atoms with Crippen LogP contribution in [0.3, 0.4) is 0 Å². The van der Waals surface area contributed by atoms with Crippen LogP contribution in [0.15, 0.2) is 30.5 Å². The standard InChI is InChI=1S/C36H47N3O9S/c1-5-23-19-36(23,34(43)38-49(44,45)26-10-11-26)20-30(40)29-17-25-21-39(29)33(42)28(35(2,3)4)18-31(41)47-15-7-6-14-46-24-9-8-22-12-13-37-32(48-25)27(22)16-24/h8-9,12-13,16,23,25-26,28-29H,5-7,10-11,14-15,17-21H2,1-4H3,(H,38,43)/t23-,25-,28-,29+,36-/m1/s1. The average molecular weight is 698 g/mol. The topological polar surface area (TPSA) is 158 Å². The summed E-state index contributed by atoms with van der Waals surface area (Å²) in [5, 5.41) is 1.04. The molecule has 49 heavy (non-hydrogen) atoms. The Hall–Kier alpha value is -3.74. The lowest BCUT2D eigenvalue weighted by molar-refractivity contribution is -0.153. The third-order valence-electron chi connectivity index (χ3n) is 10.5. The summed E-state index contributed by atoms with van der Waals surface area (Å²) in [5.41, 5.74) is -1.80. The molecule has 2 amide bonds. The number of nitrogens with zero attached hydrogens (tertiary/aromatic N) is 2. The van der Waals surface area contributed by atoms with Crippen LogP contribution < -0.4 is 14.2 Å². The molecule has 6 rings (SSSR count). The van der Waals surface area contributed by atoms with E-state index in [1.165, 1.54) is 4.90 Å². The van der Waals surface area contributed by atoms with E-state index in [1.54, 1.807) is 6.20 Å². The number of esters is 1. The number of cyclic esters (lactones) is 1. The monoisotopic (exact) mass is 697 g/mol. The number of amides is 2. The summed E-state index contributed by atoms with van der Waals surface area (Å²) in [6.45, 7) is 8.23. The average Bonchev–Trinajstić information content (AvgIpc) is 3.97. The second kappa shape index (κ2) is 13.5. The van der Waals surface area contributed by atoms with Gasteiger partial charge in [0.1, 0.15) is 11.9 Å². The maximum atomic E-state index is 14.5. The van der Waals surface area contributed by atoms with Crippen LogP contribution in [0.5, 0.6) is 11.6 Å². The molecule has 0 radical (unpaired) electrons. The highest BCUT2D eigenvalue weighted by Gasteiger charge is 2.61. The zero-order valence-electron chi connectivity index (χ0n) is 28.7. The predicted octanol–water partition coefficient (Wildman–Crippen LogP) is 4.34. The zero-order valence-corrected chi connectivity index (χ0v) is 29.6. The maximum absolute atomic E-state index is 14.5. The normalized spacial score (nSPS) is 28.2. The largest absolute Gasteiger partial charge is 0.494 e.